The Hall–Kier alpha value is -0.570. The number of hydrogen-bond acceptors (Lipinski definition) is 2. The van der Waals surface area contributed by atoms with E-state index < -0.39 is 0 Å². The molecule has 2 unspecified atom stereocenters. The van der Waals surface area contributed by atoms with Crippen molar-refractivity contribution in [1.82, 2.24) is 10.2 Å². The first-order valence-electron chi connectivity index (χ1n) is 6.29. The van der Waals surface area contributed by atoms with Crippen molar-refractivity contribution in [2.24, 2.45) is 0 Å². The number of halogens is 1. The van der Waals surface area contributed by atoms with E-state index in [0.29, 0.717) is 12.1 Å². The Bertz CT molecular complexity index is 382. The van der Waals surface area contributed by atoms with E-state index >= 15 is 0 Å². The summed E-state index contributed by atoms with van der Waals surface area (Å²) in [5.41, 5.74) is 2.46. The van der Waals surface area contributed by atoms with Gasteiger partial charge >= 0.3 is 0 Å². The molecule has 1 N–H and O–H groups in total. The first kappa shape index (κ1) is 12.9. The number of piperazine rings is 1. The smallest absolute Gasteiger partial charge is 0.0453 e. The third kappa shape index (κ3) is 3.01. The summed E-state index contributed by atoms with van der Waals surface area (Å²) in [5, 5.41) is 4.34. The molecule has 0 bridgehead atoms. The lowest BCUT2D eigenvalue weighted by Gasteiger charge is -2.39. The van der Waals surface area contributed by atoms with E-state index in [9.17, 15) is 0 Å². The van der Waals surface area contributed by atoms with Crippen molar-refractivity contribution in [3.8, 4) is 0 Å². The van der Waals surface area contributed by atoms with E-state index in [-0.39, 0.29) is 0 Å². The molecule has 0 amide bonds. The first-order valence-corrected chi connectivity index (χ1v) is 6.67. The summed E-state index contributed by atoms with van der Waals surface area (Å²) in [6.45, 7) is 9.69. The van der Waals surface area contributed by atoms with Crippen molar-refractivity contribution in [3.05, 3.63) is 34.3 Å². The quantitative estimate of drug-likeness (QED) is 0.871. The maximum absolute atomic E-state index is 6.30. The van der Waals surface area contributed by atoms with Crippen molar-refractivity contribution >= 4 is 11.6 Å². The fourth-order valence-electron chi connectivity index (χ4n) is 2.46. The van der Waals surface area contributed by atoms with Crippen LogP contribution in [0.25, 0.3) is 0 Å². The molecular formula is C14H21ClN2. The molecular weight excluding hydrogens is 232 g/mol. The van der Waals surface area contributed by atoms with Crippen molar-refractivity contribution in [1.29, 1.82) is 0 Å². The van der Waals surface area contributed by atoms with Crippen LogP contribution in [0.1, 0.15) is 25.0 Å². The van der Waals surface area contributed by atoms with Crippen LogP contribution in [0.5, 0.6) is 0 Å². The van der Waals surface area contributed by atoms with Crippen LogP contribution in [0.2, 0.25) is 5.02 Å². The second kappa shape index (κ2) is 5.38. The first-order chi connectivity index (χ1) is 8.08. The largest absolute Gasteiger partial charge is 0.314 e. The van der Waals surface area contributed by atoms with Crippen LogP contribution in [0.4, 0.5) is 0 Å². The highest BCUT2D eigenvalue weighted by Gasteiger charge is 2.24. The summed E-state index contributed by atoms with van der Waals surface area (Å²) < 4.78 is 0. The number of aryl methyl sites for hydroxylation is 1. The Kier molecular flexibility index (Phi) is 4.08. The van der Waals surface area contributed by atoms with Gasteiger partial charge in [0.15, 0.2) is 0 Å². The van der Waals surface area contributed by atoms with Crippen LogP contribution in [0.3, 0.4) is 0 Å². The molecule has 1 saturated heterocycles. The number of nitrogens with zero attached hydrogens (tertiary/aromatic N) is 1. The van der Waals surface area contributed by atoms with Gasteiger partial charge in [-0.25, -0.2) is 0 Å². The number of rotatable bonds is 2. The fraction of sp³-hybridized carbons (Fsp3) is 0.571. The standard InChI is InChI=1S/C14H21ClN2/c1-10-4-5-13(14(15)6-10)9-17-11(2)7-16-8-12(17)3/h4-6,11-12,16H,7-9H2,1-3H3. The second-order valence-electron chi connectivity index (χ2n) is 5.12. The summed E-state index contributed by atoms with van der Waals surface area (Å²) in [5.74, 6) is 0. The van der Waals surface area contributed by atoms with E-state index in [2.05, 4.69) is 49.2 Å². The van der Waals surface area contributed by atoms with Gasteiger partial charge in [0.25, 0.3) is 0 Å². The van der Waals surface area contributed by atoms with Crippen molar-refractivity contribution in [2.45, 2.75) is 39.4 Å². The van der Waals surface area contributed by atoms with E-state index in [4.69, 9.17) is 11.6 Å². The fourth-order valence-corrected chi connectivity index (χ4v) is 2.75. The average Bonchev–Trinajstić information content (AvgIpc) is 2.26. The monoisotopic (exact) mass is 252 g/mol. The van der Waals surface area contributed by atoms with E-state index in [1.807, 2.05) is 0 Å². The molecule has 17 heavy (non-hydrogen) atoms. The summed E-state index contributed by atoms with van der Waals surface area (Å²) >= 11 is 6.30. The summed E-state index contributed by atoms with van der Waals surface area (Å²) in [6.07, 6.45) is 0. The normalized spacial score (nSPS) is 26.1. The third-order valence-corrected chi connectivity index (χ3v) is 3.93. The number of nitrogens with one attached hydrogen (secondary N) is 1. The minimum atomic E-state index is 0.566. The lowest BCUT2D eigenvalue weighted by atomic mass is 10.1. The van der Waals surface area contributed by atoms with Gasteiger partial charge in [0, 0.05) is 36.7 Å². The Balaban J connectivity index is 2.13. The van der Waals surface area contributed by atoms with Gasteiger partial charge in [-0.15, -0.1) is 0 Å². The topological polar surface area (TPSA) is 15.3 Å². The van der Waals surface area contributed by atoms with Crippen LogP contribution in [-0.2, 0) is 6.54 Å². The maximum Gasteiger partial charge on any atom is 0.0453 e. The molecule has 1 aromatic carbocycles. The van der Waals surface area contributed by atoms with Gasteiger partial charge in [0.1, 0.15) is 0 Å². The zero-order valence-corrected chi connectivity index (χ0v) is 11.6. The highest BCUT2D eigenvalue weighted by atomic mass is 35.5. The van der Waals surface area contributed by atoms with E-state index in [0.717, 1.165) is 24.7 Å². The van der Waals surface area contributed by atoms with Crippen LogP contribution < -0.4 is 5.32 Å². The van der Waals surface area contributed by atoms with Crippen LogP contribution in [0.15, 0.2) is 18.2 Å². The number of benzene rings is 1. The molecule has 0 spiro atoms. The van der Waals surface area contributed by atoms with Crippen molar-refractivity contribution in [3.63, 3.8) is 0 Å². The molecule has 0 aromatic heterocycles. The molecule has 2 nitrogen and oxygen atoms in total. The average molecular weight is 253 g/mol. The maximum atomic E-state index is 6.30. The third-order valence-electron chi connectivity index (χ3n) is 3.57. The zero-order chi connectivity index (χ0) is 12.4. The molecule has 3 heteroatoms. The minimum Gasteiger partial charge on any atom is -0.314 e. The van der Waals surface area contributed by atoms with Gasteiger partial charge < -0.3 is 5.32 Å². The van der Waals surface area contributed by atoms with Gasteiger partial charge in [-0.1, -0.05) is 23.7 Å². The summed E-state index contributed by atoms with van der Waals surface area (Å²) in [6, 6.07) is 7.47. The highest BCUT2D eigenvalue weighted by Crippen LogP contribution is 2.22. The lowest BCUT2D eigenvalue weighted by Crippen LogP contribution is -2.54. The van der Waals surface area contributed by atoms with Gasteiger partial charge in [0.2, 0.25) is 0 Å². The zero-order valence-electron chi connectivity index (χ0n) is 10.8. The predicted octanol–water partition coefficient (Wildman–Crippen LogP) is 2.83. The Morgan fingerprint density at radius 1 is 1.29 bits per heavy atom. The van der Waals surface area contributed by atoms with Gasteiger partial charge in [0.05, 0.1) is 0 Å². The molecule has 1 aliphatic rings. The molecule has 2 rings (SSSR count). The molecule has 1 heterocycles. The molecule has 2 atom stereocenters. The molecule has 1 aromatic rings. The molecule has 0 radical (unpaired) electrons. The molecule has 0 saturated carbocycles. The van der Waals surface area contributed by atoms with Crippen LogP contribution >= 0.6 is 11.6 Å². The summed E-state index contributed by atoms with van der Waals surface area (Å²) in [4.78, 5) is 2.52. The van der Waals surface area contributed by atoms with Crippen molar-refractivity contribution < 1.29 is 0 Å². The SMILES string of the molecule is Cc1ccc(CN2C(C)CNCC2C)c(Cl)c1. The minimum absolute atomic E-state index is 0.566. The highest BCUT2D eigenvalue weighted by molar-refractivity contribution is 6.31. The molecule has 1 aliphatic heterocycles. The van der Waals surface area contributed by atoms with Crippen LogP contribution in [-0.4, -0.2) is 30.1 Å². The van der Waals surface area contributed by atoms with Crippen molar-refractivity contribution in [2.75, 3.05) is 13.1 Å². The molecule has 0 aliphatic carbocycles. The van der Waals surface area contributed by atoms with E-state index in [1.54, 1.807) is 0 Å². The predicted molar refractivity (Wildman–Crippen MR) is 73.5 cm³/mol. The van der Waals surface area contributed by atoms with Gasteiger partial charge in [-0.05, 0) is 38.0 Å². The second-order valence-corrected chi connectivity index (χ2v) is 5.53. The van der Waals surface area contributed by atoms with Crippen LogP contribution in [0, 0.1) is 6.92 Å². The Labute approximate surface area is 109 Å². The van der Waals surface area contributed by atoms with Gasteiger partial charge in [-0.3, -0.25) is 4.90 Å². The Morgan fingerprint density at radius 2 is 1.94 bits per heavy atom. The molecule has 1 fully saturated rings. The van der Waals surface area contributed by atoms with Gasteiger partial charge in [-0.2, -0.15) is 0 Å². The number of hydrogen-bond donors (Lipinski definition) is 1. The molecule has 94 valence electrons. The lowest BCUT2D eigenvalue weighted by molar-refractivity contribution is 0.109. The summed E-state index contributed by atoms with van der Waals surface area (Å²) in [7, 11) is 0. The van der Waals surface area contributed by atoms with E-state index in [1.165, 1.54) is 11.1 Å². The Morgan fingerprint density at radius 3 is 2.53 bits per heavy atom.